The number of halogens is 3. The van der Waals surface area contributed by atoms with Gasteiger partial charge in [0.2, 0.25) is 21.7 Å². The maximum Gasteiger partial charge on any atom is 0.420 e. The molecule has 22 heavy (non-hydrogen) atoms. The van der Waals surface area contributed by atoms with Gasteiger partial charge in [-0.05, 0) is 13.8 Å². The third-order valence-corrected chi connectivity index (χ3v) is 3.49. The minimum Gasteiger partial charge on any atom is -0.468 e. The van der Waals surface area contributed by atoms with Gasteiger partial charge in [-0.3, -0.25) is 0 Å². The monoisotopic (exact) mass is 339 g/mol. The number of nitrogens with zero attached hydrogens (tertiary/aromatic N) is 2. The van der Waals surface area contributed by atoms with E-state index in [2.05, 4.69) is 14.9 Å². The predicted octanol–water partition coefficient (Wildman–Crippen LogP) is 2.27. The summed E-state index contributed by atoms with van der Waals surface area (Å²) in [6.45, 7) is 2.75. The molecule has 0 aromatic carbocycles. The third-order valence-electron chi connectivity index (χ3n) is 2.71. The van der Waals surface area contributed by atoms with Crippen LogP contribution in [0.25, 0.3) is 11.4 Å². The molecule has 122 valence electrons. The van der Waals surface area contributed by atoms with E-state index in [0.29, 0.717) is 6.26 Å². The van der Waals surface area contributed by atoms with Gasteiger partial charge in [-0.1, -0.05) is 5.16 Å². The van der Waals surface area contributed by atoms with Crippen molar-refractivity contribution in [1.29, 1.82) is 0 Å². The van der Waals surface area contributed by atoms with Gasteiger partial charge < -0.3 is 8.94 Å². The summed E-state index contributed by atoms with van der Waals surface area (Å²) in [5.41, 5.74) is -1.37. The summed E-state index contributed by atoms with van der Waals surface area (Å²) in [4.78, 5) is 3.81. The molecule has 2 aromatic heterocycles. The second-order valence-electron chi connectivity index (χ2n) is 4.65. The lowest BCUT2D eigenvalue weighted by Gasteiger charge is -2.06. The van der Waals surface area contributed by atoms with Gasteiger partial charge in [0, 0.05) is 0 Å². The van der Waals surface area contributed by atoms with Crippen molar-refractivity contribution in [2.45, 2.75) is 26.1 Å². The van der Waals surface area contributed by atoms with E-state index in [-0.39, 0.29) is 23.0 Å². The molecule has 1 unspecified atom stereocenters. The molecule has 0 spiro atoms. The molecule has 2 rings (SSSR count). The maximum atomic E-state index is 12.9. The average molecular weight is 339 g/mol. The van der Waals surface area contributed by atoms with Gasteiger partial charge in [0.15, 0.2) is 0 Å². The zero-order chi connectivity index (χ0) is 16.7. The largest absolute Gasteiger partial charge is 0.468 e. The first-order chi connectivity index (χ1) is 9.99. The number of hydrogen-bond acceptors (Lipinski definition) is 6. The maximum absolute atomic E-state index is 12.9. The Morgan fingerprint density at radius 2 is 2.00 bits per heavy atom. The zero-order valence-electron chi connectivity index (χ0n) is 11.7. The lowest BCUT2D eigenvalue weighted by molar-refractivity contribution is -0.137. The zero-order valence-corrected chi connectivity index (χ0v) is 12.5. The number of hydrogen-bond donors (Lipinski definition) is 1. The molecule has 0 bridgehead atoms. The summed E-state index contributed by atoms with van der Waals surface area (Å²) < 4.78 is 72.7. The Hall–Kier alpha value is -1.88. The normalized spacial score (nSPS) is 14.3. The third kappa shape index (κ3) is 3.47. The Labute approximate surface area is 123 Å². The molecule has 0 amide bonds. The molecule has 0 saturated carbocycles. The Morgan fingerprint density at radius 3 is 2.55 bits per heavy atom. The second kappa shape index (κ2) is 5.39. The van der Waals surface area contributed by atoms with Crippen LogP contribution in [-0.4, -0.2) is 24.8 Å². The van der Waals surface area contributed by atoms with Gasteiger partial charge >= 0.3 is 6.18 Å². The lowest BCUT2D eigenvalue weighted by Crippen LogP contribution is -2.25. The van der Waals surface area contributed by atoms with Crippen LogP contribution < -0.4 is 4.72 Å². The van der Waals surface area contributed by atoms with Crippen molar-refractivity contribution in [3.63, 3.8) is 0 Å². The molecule has 11 heteroatoms. The molecule has 0 saturated heterocycles. The van der Waals surface area contributed by atoms with Gasteiger partial charge in [-0.15, -0.1) is 0 Å². The predicted molar refractivity (Wildman–Crippen MR) is 68.1 cm³/mol. The number of aryl methyl sites for hydroxylation is 1. The smallest absolute Gasteiger partial charge is 0.420 e. The Balaban J connectivity index is 2.39. The number of rotatable bonds is 4. The molecule has 0 radical (unpaired) electrons. The number of nitrogens with one attached hydrogen (secondary N) is 1. The summed E-state index contributed by atoms with van der Waals surface area (Å²) in [6, 6.07) is -0.877. The number of alkyl halides is 3. The summed E-state index contributed by atoms with van der Waals surface area (Å²) in [5.74, 6) is -0.506. The molecule has 2 aromatic rings. The van der Waals surface area contributed by atoms with Crippen molar-refractivity contribution >= 4 is 10.0 Å². The van der Waals surface area contributed by atoms with Crippen LogP contribution in [0.3, 0.4) is 0 Å². The van der Waals surface area contributed by atoms with E-state index >= 15 is 0 Å². The number of sulfonamides is 1. The fraction of sp³-hybridized carbons (Fsp3) is 0.455. The van der Waals surface area contributed by atoms with Gasteiger partial charge in [-0.2, -0.15) is 18.2 Å². The summed E-state index contributed by atoms with van der Waals surface area (Å²) in [5, 5.41) is 3.46. The van der Waals surface area contributed by atoms with Gasteiger partial charge in [0.1, 0.15) is 17.6 Å². The van der Waals surface area contributed by atoms with Crippen LogP contribution in [0.2, 0.25) is 0 Å². The van der Waals surface area contributed by atoms with Crippen molar-refractivity contribution in [1.82, 2.24) is 14.9 Å². The summed E-state index contributed by atoms with van der Waals surface area (Å²) in [7, 11) is -3.53. The Morgan fingerprint density at radius 1 is 1.36 bits per heavy atom. The topological polar surface area (TPSA) is 98.2 Å². The molecule has 0 aliphatic carbocycles. The standard InChI is InChI=1S/C11H12F3N3O4S/c1-5(17-22(3,18)19)10-15-9(16-21-10)8-6(2)20-4-7(8)11(12,13)14/h4-5,17H,1-3H3. The number of furan rings is 1. The van der Waals surface area contributed by atoms with E-state index in [9.17, 15) is 21.6 Å². The molecule has 2 heterocycles. The van der Waals surface area contributed by atoms with E-state index in [1.165, 1.54) is 13.8 Å². The highest BCUT2D eigenvalue weighted by molar-refractivity contribution is 7.88. The number of aromatic nitrogens is 2. The average Bonchev–Trinajstić information content (AvgIpc) is 2.91. The van der Waals surface area contributed by atoms with Crippen LogP contribution in [0, 0.1) is 6.92 Å². The second-order valence-corrected chi connectivity index (χ2v) is 6.43. The quantitative estimate of drug-likeness (QED) is 0.917. The summed E-state index contributed by atoms with van der Waals surface area (Å²) >= 11 is 0. The minimum absolute atomic E-state index is 0.0246. The van der Waals surface area contributed by atoms with Crippen molar-refractivity contribution in [3.05, 3.63) is 23.5 Å². The SMILES string of the molecule is Cc1occ(C(F)(F)F)c1-c1noc(C(C)NS(C)(=O)=O)n1. The van der Waals surface area contributed by atoms with E-state index < -0.39 is 27.8 Å². The minimum atomic E-state index is -4.63. The molecular weight excluding hydrogens is 327 g/mol. The Bertz CT molecular complexity index is 779. The van der Waals surface area contributed by atoms with Crippen LogP contribution in [0.5, 0.6) is 0 Å². The summed E-state index contributed by atoms with van der Waals surface area (Å²) in [6.07, 6.45) is -3.13. The molecule has 0 aliphatic rings. The molecule has 0 fully saturated rings. The van der Waals surface area contributed by atoms with Crippen LogP contribution in [0.4, 0.5) is 13.2 Å². The van der Waals surface area contributed by atoms with E-state index in [4.69, 9.17) is 8.94 Å². The van der Waals surface area contributed by atoms with Crippen molar-refractivity contribution in [2.75, 3.05) is 6.26 Å². The van der Waals surface area contributed by atoms with Gasteiger partial charge in [0.25, 0.3) is 0 Å². The van der Waals surface area contributed by atoms with E-state index in [0.717, 1.165) is 6.26 Å². The molecular formula is C11H12F3N3O4S. The van der Waals surface area contributed by atoms with E-state index in [1.54, 1.807) is 0 Å². The van der Waals surface area contributed by atoms with Crippen LogP contribution in [-0.2, 0) is 16.2 Å². The molecule has 1 N–H and O–H groups in total. The van der Waals surface area contributed by atoms with Crippen molar-refractivity contribution < 1.29 is 30.5 Å². The fourth-order valence-electron chi connectivity index (χ4n) is 1.83. The van der Waals surface area contributed by atoms with Crippen molar-refractivity contribution in [3.8, 4) is 11.4 Å². The highest BCUT2D eigenvalue weighted by atomic mass is 32.2. The van der Waals surface area contributed by atoms with Crippen LogP contribution in [0.1, 0.15) is 30.2 Å². The highest BCUT2D eigenvalue weighted by Gasteiger charge is 2.38. The first-order valence-electron chi connectivity index (χ1n) is 5.95. The first kappa shape index (κ1) is 16.5. The van der Waals surface area contributed by atoms with Gasteiger partial charge in [0.05, 0.1) is 17.9 Å². The van der Waals surface area contributed by atoms with Crippen LogP contribution >= 0.6 is 0 Å². The highest BCUT2D eigenvalue weighted by Crippen LogP contribution is 2.39. The molecule has 0 aliphatic heterocycles. The van der Waals surface area contributed by atoms with Gasteiger partial charge in [-0.25, -0.2) is 13.1 Å². The van der Waals surface area contributed by atoms with E-state index in [1.807, 2.05) is 0 Å². The lowest BCUT2D eigenvalue weighted by atomic mass is 10.1. The van der Waals surface area contributed by atoms with Crippen molar-refractivity contribution in [2.24, 2.45) is 0 Å². The Kier molecular flexibility index (Phi) is 4.04. The fourth-order valence-corrected chi connectivity index (χ4v) is 2.57. The van der Waals surface area contributed by atoms with Crippen LogP contribution in [0.15, 0.2) is 15.2 Å². The molecule has 7 nitrogen and oxygen atoms in total. The first-order valence-corrected chi connectivity index (χ1v) is 7.84. The molecule has 1 atom stereocenters.